The SMILES string of the molecule is CCc1ncc(S(=O)(=O)NCc2ccc(C(=O)O)o2)[nH]1. The third-order valence-corrected chi connectivity index (χ3v) is 3.85. The number of carboxylic acid groups (broad SMARTS) is 1. The topological polar surface area (TPSA) is 125 Å². The van der Waals surface area contributed by atoms with Gasteiger partial charge < -0.3 is 14.5 Å². The minimum absolute atomic E-state index is 0.0423. The van der Waals surface area contributed by atoms with E-state index in [2.05, 4.69) is 14.7 Å². The molecule has 0 aliphatic heterocycles. The minimum atomic E-state index is -3.73. The van der Waals surface area contributed by atoms with Gasteiger partial charge in [-0.2, -0.15) is 0 Å². The summed E-state index contributed by atoms with van der Waals surface area (Å²) in [7, 11) is -3.73. The second-order valence-corrected chi connectivity index (χ2v) is 5.68. The summed E-state index contributed by atoms with van der Waals surface area (Å²) >= 11 is 0. The van der Waals surface area contributed by atoms with Gasteiger partial charge in [0.2, 0.25) is 5.76 Å². The second-order valence-electron chi connectivity index (χ2n) is 3.94. The van der Waals surface area contributed by atoms with Gasteiger partial charge in [0, 0.05) is 6.42 Å². The Morgan fingerprint density at radius 2 is 2.25 bits per heavy atom. The molecule has 0 radical (unpaired) electrons. The van der Waals surface area contributed by atoms with Crippen LogP contribution < -0.4 is 4.72 Å². The van der Waals surface area contributed by atoms with Crippen LogP contribution in [0.15, 0.2) is 27.8 Å². The minimum Gasteiger partial charge on any atom is -0.475 e. The molecule has 3 N–H and O–H groups in total. The van der Waals surface area contributed by atoms with E-state index in [1.165, 1.54) is 18.3 Å². The van der Waals surface area contributed by atoms with Crippen LogP contribution in [0.3, 0.4) is 0 Å². The first-order chi connectivity index (χ1) is 9.42. The molecule has 9 heteroatoms. The lowest BCUT2D eigenvalue weighted by molar-refractivity contribution is 0.0660. The Balaban J connectivity index is 2.06. The molecule has 20 heavy (non-hydrogen) atoms. The quantitative estimate of drug-likeness (QED) is 0.722. The largest absolute Gasteiger partial charge is 0.475 e. The van der Waals surface area contributed by atoms with Crippen LogP contribution in [0, 0.1) is 0 Å². The van der Waals surface area contributed by atoms with Gasteiger partial charge in [-0.25, -0.2) is 22.9 Å². The summed E-state index contributed by atoms with van der Waals surface area (Å²) in [6.45, 7) is 1.70. The second kappa shape index (κ2) is 5.47. The van der Waals surface area contributed by atoms with Gasteiger partial charge in [0.15, 0.2) is 5.03 Å². The van der Waals surface area contributed by atoms with Crippen molar-refractivity contribution in [3.63, 3.8) is 0 Å². The summed E-state index contributed by atoms with van der Waals surface area (Å²) in [6.07, 6.45) is 1.82. The Labute approximate surface area is 114 Å². The molecule has 0 fully saturated rings. The van der Waals surface area contributed by atoms with Gasteiger partial charge in [-0.15, -0.1) is 0 Å². The molecule has 0 amide bonds. The summed E-state index contributed by atoms with van der Waals surface area (Å²) < 4.78 is 31.1. The number of furan rings is 1. The van der Waals surface area contributed by atoms with Gasteiger partial charge in [-0.1, -0.05) is 6.92 Å². The summed E-state index contributed by atoms with van der Waals surface area (Å²) in [5.74, 6) is -0.674. The Hall–Kier alpha value is -2.13. The predicted molar refractivity (Wildman–Crippen MR) is 67.7 cm³/mol. The summed E-state index contributed by atoms with van der Waals surface area (Å²) in [4.78, 5) is 17.2. The van der Waals surface area contributed by atoms with Gasteiger partial charge in [0.25, 0.3) is 10.0 Å². The Kier molecular flexibility index (Phi) is 3.91. The number of aromatic nitrogens is 2. The third-order valence-electron chi connectivity index (χ3n) is 2.54. The van der Waals surface area contributed by atoms with Crippen molar-refractivity contribution >= 4 is 16.0 Å². The van der Waals surface area contributed by atoms with E-state index in [0.717, 1.165) is 0 Å². The molecule has 8 nitrogen and oxygen atoms in total. The van der Waals surface area contributed by atoms with E-state index in [0.29, 0.717) is 12.2 Å². The van der Waals surface area contributed by atoms with Crippen LogP contribution in [0.4, 0.5) is 0 Å². The summed E-state index contributed by atoms with van der Waals surface area (Å²) in [5.41, 5.74) is 0. The molecule has 0 saturated carbocycles. The van der Waals surface area contributed by atoms with Crippen molar-refractivity contribution in [3.05, 3.63) is 35.7 Å². The Bertz CT molecular complexity index is 716. The Morgan fingerprint density at radius 3 is 2.80 bits per heavy atom. The van der Waals surface area contributed by atoms with Crippen molar-refractivity contribution in [2.75, 3.05) is 0 Å². The van der Waals surface area contributed by atoms with Crippen LogP contribution in [0.25, 0.3) is 0 Å². The van der Waals surface area contributed by atoms with Gasteiger partial charge in [-0.3, -0.25) is 0 Å². The molecule has 2 heterocycles. The molecule has 108 valence electrons. The molecule has 0 spiro atoms. The van der Waals surface area contributed by atoms with E-state index in [9.17, 15) is 13.2 Å². The molecule has 0 aliphatic rings. The van der Waals surface area contributed by atoms with Crippen LogP contribution in [0.2, 0.25) is 0 Å². The summed E-state index contributed by atoms with van der Waals surface area (Å²) in [6, 6.07) is 2.66. The van der Waals surface area contributed by atoms with Crippen LogP contribution >= 0.6 is 0 Å². The van der Waals surface area contributed by atoms with Crippen molar-refractivity contribution in [1.82, 2.24) is 14.7 Å². The first-order valence-corrected chi connectivity index (χ1v) is 7.26. The number of aryl methyl sites for hydroxylation is 1. The number of sulfonamides is 1. The fourth-order valence-corrected chi connectivity index (χ4v) is 2.42. The van der Waals surface area contributed by atoms with Crippen molar-refractivity contribution in [3.8, 4) is 0 Å². The van der Waals surface area contributed by atoms with Gasteiger partial charge >= 0.3 is 5.97 Å². The normalized spacial score (nSPS) is 11.7. The molecule has 2 aromatic rings. The maximum absolute atomic E-state index is 11.9. The number of nitrogens with one attached hydrogen (secondary N) is 2. The molecule has 0 saturated heterocycles. The highest BCUT2D eigenvalue weighted by Gasteiger charge is 2.18. The number of H-pyrrole nitrogens is 1. The number of hydrogen-bond donors (Lipinski definition) is 3. The molecular formula is C11H13N3O5S. The standard InChI is InChI=1S/C11H13N3O5S/c1-2-9-12-6-10(14-9)20(17,18)13-5-7-3-4-8(19-7)11(15)16/h3-4,6,13H,2,5H2,1H3,(H,12,14)(H,15,16). The lowest BCUT2D eigenvalue weighted by atomic mass is 10.4. The highest BCUT2D eigenvalue weighted by molar-refractivity contribution is 7.89. The van der Waals surface area contributed by atoms with E-state index in [1.807, 2.05) is 6.92 Å². The van der Waals surface area contributed by atoms with Crippen molar-refractivity contribution in [2.45, 2.75) is 24.9 Å². The number of rotatable bonds is 6. The molecule has 0 atom stereocenters. The average Bonchev–Trinajstić information content (AvgIpc) is 3.05. The van der Waals surface area contributed by atoms with Crippen LogP contribution in [0.5, 0.6) is 0 Å². The van der Waals surface area contributed by atoms with E-state index >= 15 is 0 Å². The third kappa shape index (κ3) is 3.06. The highest BCUT2D eigenvalue weighted by Crippen LogP contribution is 2.10. The molecule has 0 aliphatic carbocycles. The first kappa shape index (κ1) is 14.3. The molecule has 0 bridgehead atoms. The fourth-order valence-electron chi connectivity index (χ4n) is 1.49. The number of aromatic carboxylic acids is 1. The number of carboxylic acids is 1. The van der Waals surface area contributed by atoms with E-state index in [1.54, 1.807) is 0 Å². The van der Waals surface area contributed by atoms with Crippen LogP contribution in [-0.4, -0.2) is 29.5 Å². The van der Waals surface area contributed by atoms with Gasteiger partial charge in [-0.05, 0) is 12.1 Å². The first-order valence-electron chi connectivity index (χ1n) is 5.78. The number of nitrogens with zero attached hydrogens (tertiary/aromatic N) is 1. The van der Waals surface area contributed by atoms with Crippen molar-refractivity contribution in [1.29, 1.82) is 0 Å². The smallest absolute Gasteiger partial charge is 0.371 e. The van der Waals surface area contributed by atoms with E-state index < -0.39 is 16.0 Å². The van der Waals surface area contributed by atoms with Gasteiger partial charge in [0.05, 0.1) is 12.7 Å². The predicted octanol–water partition coefficient (Wildman–Crippen LogP) is 0.742. The maximum Gasteiger partial charge on any atom is 0.371 e. The molecule has 2 rings (SSSR count). The van der Waals surface area contributed by atoms with E-state index in [-0.39, 0.29) is 23.1 Å². The zero-order chi connectivity index (χ0) is 14.8. The lowest BCUT2D eigenvalue weighted by Crippen LogP contribution is -2.23. The highest BCUT2D eigenvalue weighted by atomic mass is 32.2. The molecule has 0 aromatic carbocycles. The Morgan fingerprint density at radius 1 is 1.50 bits per heavy atom. The molecule has 0 unspecified atom stereocenters. The number of hydrogen-bond acceptors (Lipinski definition) is 5. The lowest BCUT2D eigenvalue weighted by Gasteiger charge is -2.02. The average molecular weight is 299 g/mol. The summed E-state index contributed by atoms with van der Waals surface area (Å²) in [5, 5.41) is 8.65. The monoisotopic (exact) mass is 299 g/mol. The number of aromatic amines is 1. The van der Waals surface area contributed by atoms with Gasteiger partial charge in [0.1, 0.15) is 11.6 Å². The number of imidazole rings is 1. The van der Waals surface area contributed by atoms with Crippen molar-refractivity contribution < 1.29 is 22.7 Å². The van der Waals surface area contributed by atoms with Crippen molar-refractivity contribution in [2.24, 2.45) is 0 Å². The van der Waals surface area contributed by atoms with E-state index in [4.69, 9.17) is 9.52 Å². The zero-order valence-electron chi connectivity index (χ0n) is 10.6. The maximum atomic E-state index is 11.9. The number of carbonyl (C=O) groups is 1. The fraction of sp³-hybridized carbons (Fsp3) is 0.273. The molecule has 2 aromatic heterocycles. The zero-order valence-corrected chi connectivity index (χ0v) is 11.4. The molecular weight excluding hydrogens is 286 g/mol. The van der Waals surface area contributed by atoms with Crippen LogP contribution in [0.1, 0.15) is 29.1 Å². The van der Waals surface area contributed by atoms with Crippen LogP contribution in [-0.2, 0) is 23.0 Å².